The van der Waals surface area contributed by atoms with Crippen molar-refractivity contribution < 1.29 is 4.79 Å². The normalized spacial score (nSPS) is 24.1. The van der Waals surface area contributed by atoms with Crippen LogP contribution in [0.2, 0.25) is 0 Å². The van der Waals surface area contributed by atoms with Gasteiger partial charge in [-0.2, -0.15) is 0 Å². The molecule has 4 heterocycles. The molecule has 0 radical (unpaired) electrons. The van der Waals surface area contributed by atoms with E-state index in [9.17, 15) is 9.59 Å². The van der Waals surface area contributed by atoms with Crippen molar-refractivity contribution in [3.63, 3.8) is 0 Å². The van der Waals surface area contributed by atoms with Crippen molar-refractivity contribution in [1.29, 1.82) is 0 Å². The van der Waals surface area contributed by atoms with Gasteiger partial charge in [0.15, 0.2) is 0 Å². The number of nitrogens with zero attached hydrogens (tertiary/aromatic N) is 3. The molecule has 3 aliphatic rings. The third-order valence-electron chi connectivity index (χ3n) is 7.46. The van der Waals surface area contributed by atoms with Gasteiger partial charge in [-0.15, -0.1) is 11.8 Å². The summed E-state index contributed by atoms with van der Waals surface area (Å²) in [5.74, 6) is 1.16. The number of carbonyl (C=O) groups is 1. The van der Waals surface area contributed by atoms with E-state index in [0.717, 1.165) is 56.7 Å². The van der Waals surface area contributed by atoms with Gasteiger partial charge < -0.3 is 9.47 Å². The third-order valence-corrected chi connectivity index (χ3v) is 8.20. The van der Waals surface area contributed by atoms with E-state index in [2.05, 4.69) is 46.1 Å². The van der Waals surface area contributed by atoms with Crippen molar-refractivity contribution in [3.05, 3.63) is 52.4 Å². The highest BCUT2D eigenvalue weighted by Crippen LogP contribution is 2.37. The van der Waals surface area contributed by atoms with Crippen molar-refractivity contribution in [2.24, 2.45) is 5.92 Å². The van der Waals surface area contributed by atoms with Gasteiger partial charge >= 0.3 is 0 Å². The Labute approximate surface area is 188 Å². The summed E-state index contributed by atoms with van der Waals surface area (Å²) in [6, 6.07) is 13.1. The van der Waals surface area contributed by atoms with Crippen LogP contribution in [0.25, 0.3) is 11.1 Å². The van der Waals surface area contributed by atoms with E-state index in [1.807, 2.05) is 11.0 Å². The average molecular weight is 438 g/mol. The Bertz CT molecular complexity index is 1020. The van der Waals surface area contributed by atoms with Gasteiger partial charge in [0, 0.05) is 67.8 Å². The molecule has 164 valence electrons. The van der Waals surface area contributed by atoms with E-state index >= 15 is 0 Å². The number of benzene rings is 1. The first-order valence-electron chi connectivity index (χ1n) is 11.4. The van der Waals surface area contributed by atoms with Crippen LogP contribution in [0.1, 0.15) is 37.8 Å². The highest BCUT2D eigenvalue weighted by molar-refractivity contribution is 7.98. The van der Waals surface area contributed by atoms with E-state index in [4.69, 9.17) is 0 Å². The van der Waals surface area contributed by atoms with Crippen molar-refractivity contribution in [2.75, 3.05) is 32.4 Å². The molecule has 6 heteroatoms. The van der Waals surface area contributed by atoms with E-state index in [-0.39, 0.29) is 11.5 Å². The zero-order valence-corrected chi connectivity index (χ0v) is 19.2. The Kier molecular flexibility index (Phi) is 5.69. The molecule has 0 N–H and O–H groups in total. The third kappa shape index (κ3) is 3.96. The predicted octanol–water partition coefficient (Wildman–Crippen LogP) is 3.67. The second kappa shape index (κ2) is 8.47. The number of pyridine rings is 1. The summed E-state index contributed by atoms with van der Waals surface area (Å²) in [7, 11) is 0. The fraction of sp³-hybridized carbons (Fsp3) is 0.520. The highest BCUT2D eigenvalue weighted by Gasteiger charge is 2.38. The number of thioether (sulfide) groups is 1. The summed E-state index contributed by atoms with van der Waals surface area (Å²) in [6.45, 7) is 6.35. The second-order valence-corrected chi connectivity index (χ2v) is 10.2. The molecular weight excluding hydrogens is 406 g/mol. The van der Waals surface area contributed by atoms with Gasteiger partial charge in [-0.05, 0) is 61.3 Å². The van der Waals surface area contributed by atoms with Crippen molar-refractivity contribution in [2.45, 2.75) is 49.6 Å². The van der Waals surface area contributed by atoms with E-state index in [0.29, 0.717) is 17.9 Å². The number of fused-ring (bicyclic) bond motifs is 4. The summed E-state index contributed by atoms with van der Waals surface area (Å²) >= 11 is 1.72. The summed E-state index contributed by atoms with van der Waals surface area (Å²) in [6.07, 6.45) is 5.38. The number of amides is 1. The molecular formula is C25H31N3O2S. The molecule has 0 spiro atoms. The number of hydrogen-bond acceptors (Lipinski definition) is 4. The molecule has 5 rings (SSSR count). The van der Waals surface area contributed by atoms with Gasteiger partial charge in [-0.25, -0.2) is 0 Å². The summed E-state index contributed by atoms with van der Waals surface area (Å²) in [5, 5.41) is 0. The lowest BCUT2D eigenvalue weighted by Crippen LogP contribution is -2.53. The van der Waals surface area contributed by atoms with Crippen LogP contribution in [0.4, 0.5) is 0 Å². The summed E-state index contributed by atoms with van der Waals surface area (Å²) < 4.78 is 2.06. The Morgan fingerprint density at radius 1 is 1.00 bits per heavy atom. The van der Waals surface area contributed by atoms with Gasteiger partial charge in [0.25, 0.3) is 5.56 Å². The zero-order chi connectivity index (χ0) is 21.5. The van der Waals surface area contributed by atoms with Gasteiger partial charge in [0.1, 0.15) is 0 Å². The van der Waals surface area contributed by atoms with E-state index < -0.39 is 0 Å². The van der Waals surface area contributed by atoms with Crippen LogP contribution in [0.5, 0.6) is 0 Å². The molecule has 2 unspecified atom stereocenters. The van der Waals surface area contributed by atoms with Crippen molar-refractivity contribution >= 4 is 17.7 Å². The molecule has 1 aromatic carbocycles. The first kappa shape index (κ1) is 20.8. The fourth-order valence-electron chi connectivity index (χ4n) is 5.82. The number of piperidine rings is 2. The lowest BCUT2D eigenvalue weighted by molar-refractivity contribution is -0.130. The monoisotopic (exact) mass is 437 g/mol. The summed E-state index contributed by atoms with van der Waals surface area (Å²) in [4.78, 5) is 30.9. The maximum absolute atomic E-state index is 13.4. The molecule has 1 aromatic heterocycles. The minimum atomic E-state index is 0.160. The lowest BCUT2D eigenvalue weighted by Gasteiger charge is -2.47. The SMILES string of the molecule is CSc1ccc(-c2ccc3n(c2=O)CC2CC3CN(C3CCN(C(C)=O)CC3)C2)cc1. The smallest absolute Gasteiger partial charge is 0.258 e. The first-order chi connectivity index (χ1) is 15.0. The Morgan fingerprint density at radius 2 is 1.74 bits per heavy atom. The number of carbonyl (C=O) groups excluding carboxylic acids is 1. The Hall–Kier alpha value is -2.05. The van der Waals surface area contributed by atoms with Gasteiger partial charge in [-0.3, -0.25) is 14.5 Å². The molecule has 31 heavy (non-hydrogen) atoms. The fourth-order valence-corrected chi connectivity index (χ4v) is 6.23. The Morgan fingerprint density at radius 3 is 2.42 bits per heavy atom. The topological polar surface area (TPSA) is 45.6 Å². The van der Waals surface area contributed by atoms with Crippen LogP contribution in [-0.4, -0.2) is 58.8 Å². The molecule has 0 aliphatic carbocycles. The molecule has 3 aliphatic heterocycles. The van der Waals surface area contributed by atoms with Gasteiger partial charge in [0.05, 0.1) is 0 Å². The van der Waals surface area contributed by atoms with Crippen LogP contribution < -0.4 is 5.56 Å². The number of hydrogen-bond donors (Lipinski definition) is 0. The van der Waals surface area contributed by atoms with Gasteiger partial charge in [0.2, 0.25) is 5.91 Å². The average Bonchev–Trinajstić information content (AvgIpc) is 2.80. The minimum absolute atomic E-state index is 0.160. The molecule has 2 aromatic rings. The van der Waals surface area contributed by atoms with Crippen LogP contribution in [-0.2, 0) is 11.3 Å². The maximum atomic E-state index is 13.4. The Balaban J connectivity index is 1.36. The first-order valence-corrected chi connectivity index (χ1v) is 12.6. The zero-order valence-electron chi connectivity index (χ0n) is 18.4. The standard InChI is InChI=1S/C25H31N3O2S/c1-17(29)26-11-9-21(10-12-26)27-14-18-13-20(16-27)24-8-7-23(25(30)28(24)15-18)19-3-5-22(31-2)6-4-19/h3-8,18,20-21H,9-16H2,1-2H3. The van der Waals surface area contributed by atoms with Crippen LogP contribution in [0, 0.1) is 5.92 Å². The molecule has 0 saturated carbocycles. The van der Waals surface area contributed by atoms with Crippen LogP contribution >= 0.6 is 11.8 Å². The minimum Gasteiger partial charge on any atom is -0.343 e. The summed E-state index contributed by atoms with van der Waals surface area (Å²) in [5.41, 5.74) is 3.18. The molecule has 2 bridgehead atoms. The van der Waals surface area contributed by atoms with Crippen molar-refractivity contribution in [3.8, 4) is 11.1 Å². The van der Waals surface area contributed by atoms with E-state index in [1.165, 1.54) is 17.0 Å². The highest BCUT2D eigenvalue weighted by atomic mass is 32.2. The number of aromatic nitrogens is 1. The largest absolute Gasteiger partial charge is 0.343 e. The molecule has 5 nitrogen and oxygen atoms in total. The molecule has 2 fully saturated rings. The molecule has 2 atom stereocenters. The number of likely N-dealkylation sites (tertiary alicyclic amines) is 2. The molecule has 1 amide bonds. The number of rotatable bonds is 3. The van der Waals surface area contributed by atoms with Gasteiger partial charge in [-0.1, -0.05) is 12.1 Å². The van der Waals surface area contributed by atoms with Crippen LogP contribution in [0.15, 0.2) is 46.1 Å². The predicted molar refractivity (Wildman–Crippen MR) is 126 cm³/mol. The lowest BCUT2D eigenvalue weighted by atomic mass is 9.81. The second-order valence-electron chi connectivity index (χ2n) is 9.31. The van der Waals surface area contributed by atoms with Crippen LogP contribution in [0.3, 0.4) is 0 Å². The molecule has 2 saturated heterocycles. The maximum Gasteiger partial charge on any atom is 0.258 e. The van der Waals surface area contributed by atoms with Crippen molar-refractivity contribution in [1.82, 2.24) is 14.4 Å². The van der Waals surface area contributed by atoms with E-state index in [1.54, 1.807) is 18.7 Å². The quantitative estimate of drug-likeness (QED) is 0.688.